The van der Waals surface area contributed by atoms with Gasteiger partial charge in [-0.15, -0.1) is 0 Å². The van der Waals surface area contributed by atoms with E-state index in [9.17, 15) is 5.11 Å². The second-order valence-electron chi connectivity index (χ2n) is 4.50. The molecule has 17 heavy (non-hydrogen) atoms. The Labute approximate surface area is 106 Å². The molecule has 0 aliphatic carbocycles. The molecule has 0 amide bonds. The first-order valence-corrected chi connectivity index (χ1v) is 6.64. The van der Waals surface area contributed by atoms with Gasteiger partial charge in [0, 0.05) is 13.7 Å². The monoisotopic (exact) mass is 247 g/mol. The van der Waals surface area contributed by atoms with Crippen molar-refractivity contribution in [2.45, 2.75) is 45.8 Å². The summed E-state index contributed by atoms with van der Waals surface area (Å²) >= 11 is 0. The van der Waals surface area contributed by atoms with E-state index >= 15 is 0 Å². The molecule has 0 spiro atoms. The minimum absolute atomic E-state index is 0.0420. The number of hydrogen-bond acceptors (Lipinski definition) is 4. The standard InChI is InChI=1S/C13H29NO3/c1-5-7-8-14(6-2)9-13(15)11-17-12(3)10-16-4/h12-13,15H,5-11H2,1-4H3. The van der Waals surface area contributed by atoms with E-state index in [1.807, 2.05) is 6.92 Å². The summed E-state index contributed by atoms with van der Waals surface area (Å²) in [5.74, 6) is 0. The van der Waals surface area contributed by atoms with E-state index in [0.717, 1.165) is 13.1 Å². The van der Waals surface area contributed by atoms with Crippen molar-refractivity contribution in [3.63, 3.8) is 0 Å². The number of aliphatic hydroxyl groups is 1. The molecule has 4 nitrogen and oxygen atoms in total. The van der Waals surface area contributed by atoms with Crippen molar-refractivity contribution in [1.82, 2.24) is 4.90 Å². The Kier molecular flexibility index (Phi) is 10.9. The van der Waals surface area contributed by atoms with Crippen LogP contribution in [0, 0.1) is 0 Å². The van der Waals surface area contributed by atoms with Crippen LogP contribution in [-0.4, -0.2) is 62.2 Å². The number of methoxy groups -OCH3 is 1. The highest BCUT2D eigenvalue weighted by Crippen LogP contribution is 1.99. The fourth-order valence-corrected chi connectivity index (χ4v) is 1.67. The molecule has 0 rings (SSSR count). The van der Waals surface area contributed by atoms with Gasteiger partial charge in [-0.2, -0.15) is 0 Å². The summed E-state index contributed by atoms with van der Waals surface area (Å²) < 4.78 is 10.5. The molecule has 0 aliphatic heterocycles. The van der Waals surface area contributed by atoms with E-state index < -0.39 is 6.10 Å². The van der Waals surface area contributed by atoms with Crippen LogP contribution in [0.1, 0.15) is 33.6 Å². The van der Waals surface area contributed by atoms with Crippen LogP contribution in [0.4, 0.5) is 0 Å². The lowest BCUT2D eigenvalue weighted by atomic mass is 10.2. The highest BCUT2D eigenvalue weighted by Gasteiger charge is 2.11. The van der Waals surface area contributed by atoms with Gasteiger partial charge in [0.1, 0.15) is 0 Å². The predicted octanol–water partition coefficient (Wildman–Crippen LogP) is 1.52. The van der Waals surface area contributed by atoms with Gasteiger partial charge in [-0.1, -0.05) is 20.3 Å². The number of hydrogen-bond donors (Lipinski definition) is 1. The van der Waals surface area contributed by atoms with Crippen LogP contribution in [0.2, 0.25) is 0 Å². The van der Waals surface area contributed by atoms with Crippen molar-refractivity contribution in [3.8, 4) is 0 Å². The van der Waals surface area contributed by atoms with Crippen LogP contribution in [0.5, 0.6) is 0 Å². The van der Waals surface area contributed by atoms with E-state index in [1.54, 1.807) is 7.11 Å². The number of likely N-dealkylation sites (N-methyl/N-ethyl adjacent to an activating group) is 1. The van der Waals surface area contributed by atoms with Gasteiger partial charge < -0.3 is 19.5 Å². The van der Waals surface area contributed by atoms with Crippen molar-refractivity contribution in [1.29, 1.82) is 0 Å². The minimum atomic E-state index is -0.411. The third kappa shape index (κ3) is 9.53. The zero-order valence-corrected chi connectivity index (χ0v) is 11.8. The first-order valence-electron chi connectivity index (χ1n) is 6.64. The van der Waals surface area contributed by atoms with Crippen LogP contribution < -0.4 is 0 Å². The topological polar surface area (TPSA) is 41.9 Å². The van der Waals surface area contributed by atoms with Crippen LogP contribution in [0.25, 0.3) is 0 Å². The average molecular weight is 247 g/mol. The average Bonchev–Trinajstić information content (AvgIpc) is 2.32. The molecule has 0 heterocycles. The molecule has 2 atom stereocenters. The van der Waals surface area contributed by atoms with Gasteiger partial charge in [-0.05, 0) is 26.4 Å². The van der Waals surface area contributed by atoms with Gasteiger partial charge in [-0.3, -0.25) is 0 Å². The molecule has 0 radical (unpaired) electrons. The van der Waals surface area contributed by atoms with Crippen LogP contribution in [0.3, 0.4) is 0 Å². The van der Waals surface area contributed by atoms with Gasteiger partial charge in [0.2, 0.25) is 0 Å². The first-order chi connectivity index (χ1) is 8.13. The fourth-order valence-electron chi connectivity index (χ4n) is 1.67. The molecule has 1 N–H and O–H groups in total. The molecule has 0 saturated heterocycles. The van der Waals surface area contributed by atoms with E-state index in [4.69, 9.17) is 9.47 Å². The van der Waals surface area contributed by atoms with Gasteiger partial charge in [0.15, 0.2) is 0 Å². The summed E-state index contributed by atoms with van der Waals surface area (Å²) in [5.41, 5.74) is 0. The van der Waals surface area contributed by atoms with Crippen molar-refractivity contribution in [2.24, 2.45) is 0 Å². The van der Waals surface area contributed by atoms with Gasteiger partial charge in [0.25, 0.3) is 0 Å². The summed E-state index contributed by atoms with van der Waals surface area (Å²) in [5, 5.41) is 9.86. The van der Waals surface area contributed by atoms with E-state index in [2.05, 4.69) is 18.7 Å². The molecule has 0 aromatic heterocycles. The largest absolute Gasteiger partial charge is 0.389 e. The maximum Gasteiger partial charge on any atom is 0.0900 e. The maximum absolute atomic E-state index is 9.86. The molecule has 0 aromatic carbocycles. The summed E-state index contributed by atoms with van der Waals surface area (Å²) in [6.07, 6.45) is 2.00. The lowest BCUT2D eigenvalue weighted by molar-refractivity contribution is -0.0394. The Bertz CT molecular complexity index is 167. The highest BCUT2D eigenvalue weighted by molar-refractivity contribution is 4.63. The zero-order chi connectivity index (χ0) is 13.1. The van der Waals surface area contributed by atoms with Crippen molar-refractivity contribution >= 4 is 0 Å². The Balaban J connectivity index is 3.70. The number of nitrogens with zero attached hydrogens (tertiary/aromatic N) is 1. The number of unbranched alkanes of at least 4 members (excludes halogenated alkanes) is 1. The lowest BCUT2D eigenvalue weighted by Crippen LogP contribution is -2.36. The molecule has 0 aliphatic rings. The SMILES string of the molecule is CCCCN(CC)CC(O)COC(C)COC. The first kappa shape index (κ1) is 16.8. The quantitative estimate of drug-likeness (QED) is 0.601. The third-order valence-electron chi connectivity index (χ3n) is 2.72. The van der Waals surface area contributed by atoms with Crippen LogP contribution in [0.15, 0.2) is 0 Å². The van der Waals surface area contributed by atoms with E-state index in [0.29, 0.717) is 19.8 Å². The number of aliphatic hydroxyl groups excluding tert-OH is 1. The number of ether oxygens (including phenoxy) is 2. The van der Waals surface area contributed by atoms with Gasteiger partial charge in [-0.25, -0.2) is 0 Å². The summed E-state index contributed by atoms with van der Waals surface area (Å²) in [4.78, 5) is 2.26. The minimum Gasteiger partial charge on any atom is -0.389 e. The predicted molar refractivity (Wildman–Crippen MR) is 70.3 cm³/mol. The van der Waals surface area contributed by atoms with E-state index in [-0.39, 0.29) is 6.10 Å². The van der Waals surface area contributed by atoms with Crippen LogP contribution >= 0.6 is 0 Å². The third-order valence-corrected chi connectivity index (χ3v) is 2.72. The summed E-state index contributed by atoms with van der Waals surface area (Å²) in [7, 11) is 1.65. The zero-order valence-electron chi connectivity index (χ0n) is 11.8. The maximum atomic E-state index is 9.86. The molecule has 0 bridgehead atoms. The Morgan fingerprint density at radius 3 is 2.47 bits per heavy atom. The lowest BCUT2D eigenvalue weighted by Gasteiger charge is -2.24. The van der Waals surface area contributed by atoms with Gasteiger partial charge >= 0.3 is 0 Å². The Morgan fingerprint density at radius 1 is 1.24 bits per heavy atom. The second-order valence-corrected chi connectivity index (χ2v) is 4.50. The Hall–Kier alpha value is -0.160. The summed E-state index contributed by atoms with van der Waals surface area (Å²) in [6.45, 7) is 9.92. The Morgan fingerprint density at radius 2 is 1.94 bits per heavy atom. The highest BCUT2D eigenvalue weighted by atomic mass is 16.5. The second kappa shape index (κ2) is 11.0. The molecule has 2 unspecified atom stereocenters. The molecule has 4 heteroatoms. The van der Waals surface area contributed by atoms with Crippen molar-refractivity contribution in [3.05, 3.63) is 0 Å². The van der Waals surface area contributed by atoms with E-state index in [1.165, 1.54) is 12.8 Å². The fraction of sp³-hybridized carbons (Fsp3) is 1.00. The molecule has 104 valence electrons. The molecule has 0 saturated carbocycles. The van der Waals surface area contributed by atoms with Gasteiger partial charge in [0.05, 0.1) is 25.4 Å². The molecule has 0 fully saturated rings. The van der Waals surface area contributed by atoms with Crippen LogP contribution in [-0.2, 0) is 9.47 Å². The molecular weight excluding hydrogens is 218 g/mol. The smallest absolute Gasteiger partial charge is 0.0900 e. The normalized spacial score (nSPS) is 15.2. The number of rotatable bonds is 11. The summed E-state index contributed by atoms with van der Waals surface area (Å²) in [6, 6.07) is 0. The van der Waals surface area contributed by atoms with Crippen molar-refractivity contribution < 1.29 is 14.6 Å². The van der Waals surface area contributed by atoms with Crippen molar-refractivity contribution in [2.75, 3.05) is 40.0 Å². The molecule has 0 aromatic rings. The molecular formula is C13H29NO3.